The predicted molar refractivity (Wildman–Crippen MR) is 122 cm³/mol. The molecule has 0 radical (unpaired) electrons. The van der Waals surface area contributed by atoms with Gasteiger partial charge in [-0.3, -0.25) is 9.78 Å². The SMILES string of the molecule is COc1ccc(CC(=O)N2CCCC(c3nc(C)ncc3-c3ccncc3)C2)cc1OC. The van der Waals surface area contributed by atoms with Crippen molar-refractivity contribution in [2.75, 3.05) is 27.3 Å². The first-order valence-electron chi connectivity index (χ1n) is 10.8. The molecule has 0 bridgehead atoms. The van der Waals surface area contributed by atoms with Gasteiger partial charge >= 0.3 is 0 Å². The first-order valence-corrected chi connectivity index (χ1v) is 10.8. The topological polar surface area (TPSA) is 77.4 Å². The first-order chi connectivity index (χ1) is 15.6. The van der Waals surface area contributed by atoms with Gasteiger partial charge < -0.3 is 14.4 Å². The van der Waals surface area contributed by atoms with Gasteiger partial charge in [0.25, 0.3) is 0 Å². The zero-order chi connectivity index (χ0) is 22.5. The van der Waals surface area contributed by atoms with Gasteiger partial charge in [0.1, 0.15) is 5.82 Å². The lowest BCUT2D eigenvalue weighted by Gasteiger charge is -2.33. The number of nitrogens with zero attached hydrogens (tertiary/aromatic N) is 4. The zero-order valence-electron chi connectivity index (χ0n) is 18.7. The number of aryl methyl sites for hydroxylation is 1. The van der Waals surface area contributed by atoms with Crippen LogP contribution in [0.2, 0.25) is 0 Å². The Morgan fingerprint density at radius 3 is 2.66 bits per heavy atom. The van der Waals surface area contributed by atoms with E-state index in [1.165, 1.54) is 0 Å². The smallest absolute Gasteiger partial charge is 0.227 e. The molecule has 2 aromatic heterocycles. The van der Waals surface area contributed by atoms with Crippen molar-refractivity contribution in [2.24, 2.45) is 0 Å². The number of carbonyl (C=O) groups excluding carboxylic acids is 1. The van der Waals surface area contributed by atoms with Crippen LogP contribution in [0.4, 0.5) is 0 Å². The van der Waals surface area contributed by atoms with Crippen LogP contribution < -0.4 is 9.47 Å². The molecular formula is C25H28N4O3. The minimum absolute atomic E-state index is 0.109. The maximum Gasteiger partial charge on any atom is 0.227 e. The molecule has 1 saturated heterocycles. The molecule has 0 N–H and O–H groups in total. The number of rotatable bonds is 6. The first kappa shape index (κ1) is 21.7. The molecule has 1 aromatic carbocycles. The number of piperidine rings is 1. The van der Waals surface area contributed by atoms with Gasteiger partial charge in [0, 0.05) is 43.2 Å². The largest absolute Gasteiger partial charge is 0.493 e. The lowest BCUT2D eigenvalue weighted by Crippen LogP contribution is -2.40. The van der Waals surface area contributed by atoms with Crippen molar-refractivity contribution >= 4 is 5.91 Å². The standard InChI is InChI=1S/C25H28N4O3/c1-17-27-15-21(19-8-10-26-11-9-19)25(28-17)20-5-4-12-29(16-20)24(30)14-18-6-7-22(31-2)23(13-18)32-3/h6-11,13,15,20H,4-5,12,14,16H2,1-3H3. The van der Waals surface area contributed by atoms with Crippen LogP contribution in [0.5, 0.6) is 11.5 Å². The summed E-state index contributed by atoms with van der Waals surface area (Å²) < 4.78 is 10.7. The van der Waals surface area contributed by atoms with Crippen LogP contribution in [-0.2, 0) is 11.2 Å². The van der Waals surface area contributed by atoms with E-state index >= 15 is 0 Å². The molecule has 7 nitrogen and oxygen atoms in total. The van der Waals surface area contributed by atoms with E-state index in [2.05, 4.69) is 9.97 Å². The molecule has 1 amide bonds. The maximum absolute atomic E-state index is 13.1. The lowest BCUT2D eigenvalue weighted by atomic mass is 9.90. The van der Waals surface area contributed by atoms with E-state index in [1.807, 2.05) is 48.4 Å². The molecule has 4 rings (SSSR count). The van der Waals surface area contributed by atoms with Crippen molar-refractivity contribution in [1.29, 1.82) is 0 Å². The van der Waals surface area contributed by atoms with Gasteiger partial charge in [0.2, 0.25) is 5.91 Å². The maximum atomic E-state index is 13.1. The predicted octanol–water partition coefficient (Wildman–Crippen LogP) is 3.81. The summed E-state index contributed by atoms with van der Waals surface area (Å²) in [6.45, 7) is 3.32. The third-order valence-electron chi connectivity index (χ3n) is 5.89. The lowest BCUT2D eigenvalue weighted by molar-refractivity contribution is -0.131. The fourth-order valence-electron chi connectivity index (χ4n) is 4.26. The van der Waals surface area contributed by atoms with Gasteiger partial charge in [-0.1, -0.05) is 6.07 Å². The monoisotopic (exact) mass is 432 g/mol. The number of hydrogen-bond donors (Lipinski definition) is 0. The molecule has 1 aliphatic rings. The second-order valence-corrected chi connectivity index (χ2v) is 8.00. The molecule has 1 fully saturated rings. The molecular weight excluding hydrogens is 404 g/mol. The van der Waals surface area contributed by atoms with Crippen LogP contribution in [-0.4, -0.2) is 53.1 Å². The van der Waals surface area contributed by atoms with E-state index < -0.39 is 0 Å². The van der Waals surface area contributed by atoms with Crippen molar-refractivity contribution < 1.29 is 14.3 Å². The summed E-state index contributed by atoms with van der Waals surface area (Å²) in [6.07, 6.45) is 7.71. The van der Waals surface area contributed by atoms with Gasteiger partial charge in [0.05, 0.1) is 26.3 Å². The van der Waals surface area contributed by atoms with Crippen LogP contribution in [0.25, 0.3) is 11.1 Å². The number of benzene rings is 1. The Morgan fingerprint density at radius 2 is 1.91 bits per heavy atom. The number of hydrogen-bond acceptors (Lipinski definition) is 6. The van der Waals surface area contributed by atoms with Gasteiger partial charge in [0.15, 0.2) is 11.5 Å². The Hall–Kier alpha value is -3.48. The molecule has 32 heavy (non-hydrogen) atoms. The third-order valence-corrected chi connectivity index (χ3v) is 5.89. The van der Waals surface area contributed by atoms with E-state index in [9.17, 15) is 4.79 Å². The van der Waals surface area contributed by atoms with Crippen LogP contribution >= 0.6 is 0 Å². The van der Waals surface area contributed by atoms with Crippen molar-refractivity contribution in [3.63, 3.8) is 0 Å². The van der Waals surface area contributed by atoms with Crippen LogP contribution in [0, 0.1) is 6.92 Å². The van der Waals surface area contributed by atoms with Gasteiger partial charge in [-0.25, -0.2) is 9.97 Å². The van der Waals surface area contributed by atoms with E-state index in [0.29, 0.717) is 24.5 Å². The number of aromatic nitrogens is 3. The minimum Gasteiger partial charge on any atom is -0.493 e. The molecule has 0 saturated carbocycles. The summed E-state index contributed by atoms with van der Waals surface area (Å²) in [5.41, 5.74) is 3.97. The summed E-state index contributed by atoms with van der Waals surface area (Å²) in [4.78, 5) is 28.4. The Kier molecular flexibility index (Phi) is 6.63. The molecule has 1 atom stereocenters. The van der Waals surface area contributed by atoms with E-state index in [0.717, 1.165) is 47.6 Å². The summed E-state index contributed by atoms with van der Waals surface area (Å²) >= 11 is 0. The highest BCUT2D eigenvalue weighted by Gasteiger charge is 2.28. The normalized spacial score (nSPS) is 16.0. The van der Waals surface area contributed by atoms with Crippen LogP contribution in [0.3, 0.4) is 0 Å². The number of ether oxygens (including phenoxy) is 2. The fraction of sp³-hybridized carbons (Fsp3) is 0.360. The van der Waals surface area contributed by atoms with Crippen molar-refractivity contribution in [3.8, 4) is 22.6 Å². The molecule has 1 aliphatic heterocycles. The third kappa shape index (κ3) is 4.72. The van der Waals surface area contributed by atoms with Gasteiger partial charge in [-0.15, -0.1) is 0 Å². The molecule has 0 aliphatic carbocycles. The van der Waals surface area contributed by atoms with Crippen LogP contribution in [0.1, 0.15) is 35.8 Å². The number of carbonyl (C=O) groups is 1. The second kappa shape index (κ2) is 9.77. The quantitative estimate of drug-likeness (QED) is 0.589. The Bertz CT molecular complexity index is 1090. The minimum atomic E-state index is 0.109. The van der Waals surface area contributed by atoms with Crippen LogP contribution in [0.15, 0.2) is 48.9 Å². The average molecular weight is 433 g/mol. The number of pyridine rings is 1. The Morgan fingerprint density at radius 1 is 1.12 bits per heavy atom. The molecule has 3 heterocycles. The van der Waals surface area contributed by atoms with E-state index in [1.54, 1.807) is 26.6 Å². The Balaban J connectivity index is 1.53. The molecule has 166 valence electrons. The number of amides is 1. The van der Waals surface area contributed by atoms with E-state index in [4.69, 9.17) is 14.5 Å². The van der Waals surface area contributed by atoms with Gasteiger partial charge in [-0.05, 0) is 55.2 Å². The highest BCUT2D eigenvalue weighted by atomic mass is 16.5. The second-order valence-electron chi connectivity index (χ2n) is 8.00. The van der Waals surface area contributed by atoms with Gasteiger partial charge in [-0.2, -0.15) is 0 Å². The highest BCUT2D eigenvalue weighted by Crippen LogP contribution is 2.33. The van der Waals surface area contributed by atoms with Crippen molar-refractivity contribution in [2.45, 2.75) is 32.1 Å². The molecule has 0 spiro atoms. The number of methoxy groups -OCH3 is 2. The van der Waals surface area contributed by atoms with Crippen molar-refractivity contribution in [1.82, 2.24) is 19.9 Å². The molecule has 7 heteroatoms. The summed E-state index contributed by atoms with van der Waals surface area (Å²) in [6, 6.07) is 9.56. The summed E-state index contributed by atoms with van der Waals surface area (Å²) in [5.74, 6) is 2.31. The van der Waals surface area contributed by atoms with E-state index in [-0.39, 0.29) is 11.8 Å². The fourth-order valence-corrected chi connectivity index (χ4v) is 4.26. The molecule has 1 unspecified atom stereocenters. The highest BCUT2D eigenvalue weighted by molar-refractivity contribution is 5.79. The summed E-state index contributed by atoms with van der Waals surface area (Å²) in [5, 5.41) is 0. The Labute approximate surface area is 188 Å². The zero-order valence-corrected chi connectivity index (χ0v) is 18.7. The molecule has 3 aromatic rings. The van der Waals surface area contributed by atoms with Crippen molar-refractivity contribution in [3.05, 3.63) is 66.0 Å². The average Bonchev–Trinajstić information content (AvgIpc) is 2.84. The summed E-state index contributed by atoms with van der Waals surface area (Å²) in [7, 11) is 3.20. The number of likely N-dealkylation sites (tertiary alicyclic amines) is 1.